The maximum absolute atomic E-state index is 11.6. The summed E-state index contributed by atoms with van der Waals surface area (Å²) in [6.45, 7) is 0.150. The highest BCUT2D eigenvalue weighted by Crippen LogP contribution is 2.34. The molecule has 0 spiro atoms. The Labute approximate surface area is 162 Å². The molecule has 0 bridgehead atoms. The van der Waals surface area contributed by atoms with Crippen LogP contribution in [0.15, 0.2) is 53.1 Å². The van der Waals surface area contributed by atoms with E-state index in [9.17, 15) is 9.90 Å². The van der Waals surface area contributed by atoms with E-state index in [2.05, 4.69) is 25.9 Å². The van der Waals surface area contributed by atoms with E-state index in [1.807, 2.05) is 42.5 Å². The second-order valence-electron chi connectivity index (χ2n) is 6.00. The van der Waals surface area contributed by atoms with Crippen molar-refractivity contribution in [1.82, 2.24) is 9.97 Å². The van der Waals surface area contributed by atoms with Crippen molar-refractivity contribution in [2.75, 3.05) is 7.11 Å². The highest BCUT2D eigenvalue weighted by atomic mass is 79.9. The molecule has 0 unspecified atom stereocenters. The molecule has 4 aromatic rings. The van der Waals surface area contributed by atoms with Crippen molar-refractivity contribution >= 4 is 43.7 Å². The predicted molar refractivity (Wildman–Crippen MR) is 105 cm³/mol. The third-order valence-corrected chi connectivity index (χ3v) is 4.78. The number of hydrogen-bond acceptors (Lipinski definition) is 4. The second-order valence-corrected chi connectivity index (χ2v) is 6.92. The van der Waals surface area contributed by atoms with Crippen LogP contribution in [0.1, 0.15) is 16.1 Å². The van der Waals surface area contributed by atoms with Crippen LogP contribution in [0.4, 0.5) is 0 Å². The van der Waals surface area contributed by atoms with Gasteiger partial charge in [0.05, 0.1) is 18.3 Å². The summed E-state index contributed by atoms with van der Waals surface area (Å²) in [6.07, 6.45) is 1.53. The van der Waals surface area contributed by atoms with Crippen molar-refractivity contribution in [2.24, 2.45) is 0 Å². The van der Waals surface area contributed by atoms with Gasteiger partial charge in [0.25, 0.3) is 0 Å². The second kappa shape index (κ2) is 7.02. The standard InChI is InChI=1S/C20H15BrN2O4/c1-26-10-15-18-14-8-13(27-12-4-2-11(21)3-5-12)6-7-16(14)23-17(18)9-22-19(15)20(24)25/h2-9,23H,10H2,1H3,(H,24,25). The number of hydrogen-bond donors (Lipinski definition) is 2. The highest BCUT2D eigenvalue weighted by molar-refractivity contribution is 9.10. The summed E-state index contributed by atoms with van der Waals surface area (Å²) in [5, 5.41) is 11.1. The van der Waals surface area contributed by atoms with Gasteiger partial charge in [-0.3, -0.25) is 0 Å². The monoisotopic (exact) mass is 426 g/mol. The minimum atomic E-state index is -1.08. The number of halogens is 1. The lowest BCUT2D eigenvalue weighted by atomic mass is 10.1. The molecule has 0 fully saturated rings. The lowest BCUT2D eigenvalue weighted by Gasteiger charge is -2.08. The van der Waals surface area contributed by atoms with Crippen LogP contribution in [0.3, 0.4) is 0 Å². The number of ether oxygens (including phenoxy) is 2. The van der Waals surface area contributed by atoms with E-state index in [0.29, 0.717) is 17.1 Å². The van der Waals surface area contributed by atoms with Crippen LogP contribution in [0.5, 0.6) is 11.5 Å². The molecule has 2 N–H and O–H groups in total. The summed E-state index contributed by atoms with van der Waals surface area (Å²) in [5.41, 5.74) is 2.15. The zero-order chi connectivity index (χ0) is 19.0. The van der Waals surface area contributed by atoms with E-state index in [0.717, 1.165) is 26.3 Å². The highest BCUT2D eigenvalue weighted by Gasteiger charge is 2.19. The van der Waals surface area contributed by atoms with Crippen molar-refractivity contribution in [2.45, 2.75) is 6.61 Å². The average molecular weight is 427 g/mol. The molecule has 0 saturated heterocycles. The first-order chi connectivity index (χ1) is 13.1. The van der Waals surface area contributed by atoms with Crippen LogP contribution >= 0.6 is 15.9 Å². The zero-order valence-electron chi connectivity index (χ0n) is 14.3. The number of H-pyrrole nitrogens is 1. The number of carboxylic acids is 1. The van der Waals surface area contributed by atoms with Gasteiger partial charge in [-0.2, -0.15) is 0 Å². The number of nitrogens with zero attached hydrogens (tertiary/aromatic N) is 1. The molecule has 6 nitrogen and oxygen atoms in total. The molecule has 136 valence electrons. The maximum Gasteiger partial charge on any atom is 0.354 e. The van der Waals surface area contributed by atoms with Gasteiger partial charge >= 0.3 is 5.97 Å². The van der Waals surface area contributed by atoms with Gasteiger partial charge in [-0.1, -0.05) is 15.9 Å². The van der Waals surface area contributed by atoms with E-state index in [-0.39, 0.29) is 12.3 Å². The van der Waals surface area contributed by atoms with Crippen molar-refractivity contribution in [1.29, 1.82) is 0 Å². The Morgan fingerprint density at radius 1 is 1.15 bits per heavy atom. The van der Waals surface area contributed by atoms with E-state index >= 15 is 0 Å². The van der Waals surface area contributed by atoms with Gasteiger partial charge in [-0.25, -0.2) is 9.78 Å². The largest absolute Gasteiger partial charge is 0.477 e. The Kier molecular flexibility index (Phi) is 4.55. The van der Waals surface area contributed by atoms with Crippen LogP contribution in [0.2, 0.25) is 0 Å². The number of benzene rings is 2. The summed E-state index contributed by atoms with van der Waals surface area (Å²) in [5.74, 6) is 0.283. The lowest BCUT2D eigenvalue weighted by molar-refractivity contribution is 0.0685. The molecule has 27 heavy (non-hydrogen) atoms. The van der Waals surface area contributed by atoms with Crippen LogP contribution in [-0.2, 0) is 11.3 Å². The molecule has 2 aromatic carbocycles. The van der Waals surface area contributed by atoms with Gasteiger partial charge in [0, 0.05) is 33.4 Å². The number of rotatable bonds is 5. The number of nitrogens with one attached hydrogen (secondary N) is 1. The molecule has 0 radical (unpaired) electrons. The summed E-state index contributed by atoms with van der Waals surface area (Å²) >= 11 is 3.40. The average Bonchev–Trinajstić information content (AvgIpc) is 3.02. The van der Waals surface area contributed by atoms with Gasteiger partial charge in [-0.05, 0) is 42.5 Å². The summed E-state index contributed by atoms with van der Waals surface area (Å²) in [6, 6.07) is 13.2. The third kappa shape index (κ3) is 3.27. The zero-order valence-corrected chi connectivity index (χ0v) is 15.9. The molecule has 0 saturated carbocycles. The van der Waals surface area contributed by atoms with Crippen LogP contribution in [-0.4, -0.2) is 28.2 Å². The Morgan fingerprint density at radius 3 is 2.59 bits per heavy atom. The molecule has 0 aliphatic carbocycles. The minimum Gasteiger partial charge on any atom is -0.477 e. The van der Waals surface area contributed by atoms with Gasteiger partial charge in [0.15, 0.2) is 5.69 Å². The number of carbonyl (C=O) groups is 1. The van der Waals surface area contributed by atoms with Crippen molar-refractivity contribution < 1.29 is 19.4 Å². The van der Waals surface area contributed by atoms with Gasteiger partial charge < -0.3 is 19.6 Å². The molecule has 0 atom stereocenters. The fourth-order valence-electron chi connectivity index (χ4n) is 3.11. The molecule has 4 rings (SSSR count). The van der Waals surface area contributed by atoms with Crippen LogP contribution in [0.25, 0.3) is 21.8 Å². The first kappa shape index (κ1) is 17.5. The van der Waals surface area contributed by atoms with E-state index < -0.39 is 5.97 Å². The fourth-order valence-corrected chi connectivity index (χ4v) is 3.37. The number of aromatic amines is 1. The third-order valence-electron chi connectivity index (χ3n) is 4.25. The lowest BCUT2D eigenvalue weighted by Crippen LogP contribution is -2.07. The Bertz CT molecular complexity index is 1150. The number of carboxylic acid groups (broad SMARTS) is 1. The van der Waals surface area contributed by atoms with Crippen LogP contribution in [0, 0.1) is 0 Å². The van der Waals surface area contributed by atoms with Crippen LogP contribution < -0.4 is 4.74 Å². The number of fused-ring (bicyclic) bond motifs is 3. The minimum absolute atomic E-state index is 0.00974. The quantitative estimate of drug-likeness (QED) is 0.462. The smallest absolute Gasteiger partial charge is 0.354 e. The predicted octanol–water partition coefficient (Wildman–Crippen LogP) is 5.12. The maximum atomic E-state index is 11.6. The van der Waals surface area contributed by atoms with Gasteiger partial charge in [0.1, 0.15) is 11.5 Å². The molecule has 0 aliphatic heterocycles. The fraction of sp³-hybridized carbons (Fsp3) is 0.100. The number of aromatic carboxylic acids is 1. The Hall–Kier alpha value is -2.90. The molecule has 7 heteroatoms. The van der Waals surface area contributed by atoms with Crippen molar-refractivity contribution in [3.8, 4) is 11.5 Å². The SMILES string of the molecule is COCc1c(C(=O)O)ncc2[nH]c3ccc(Oc4ccc(Br)cc4)cc3c12. The van der Waals surface area contributed by atoms with Crippen molar-refractivity contribution in [3.63, 3.8) is 0 Å². The van der Waals surface area contributed by atoms with E-state index in [4.69, 9.17) is 9.47 Å². The first-order valence-corrected chi connectivity index (χ1v) is 8.95. The molecule has 2 aromatic heterocycles. The first-order valence-electron chi connectivity index (χ1n) is 8.16. The van der Waals surface area contributed by atoms with E-state index in [1.165, 1.54) is 13.3 Å². The Morgan fingerprint density at radius 2 is 1.89 bits per heavy atom. The summed E-state index contributed by atoms with van der Waals surface area (Å²) in [7, 11) is 1.53. The van der Waals surface area contributed by atoms with E-state index in [1.54, 1.807) is 0 Å². The van der Waals surface area contributed by atoms with Gasteiger partial charge in [0.2, 0.25) is 0 Å². The molecular weight excluding hydrogens is 412 g/mol. The molecule has 0 aliphatic rings. The molecule has 0 amide bonds. The summed E-state index contributed by atoms with van der Waals surface area (Å²) < 4.78 is 12.1. The van der Waals surface area contributed by atoms with Crippen molar-refractivity contribution in [3.05, 3.63) is 64.4 Å². The molecule has 2 heterocycles. The normalized spacial score (nSPS) is 11.2. The Balaban J connectivity index is 1.88. The van der Waals surface area contributed by atoms with Gasteiger partial charge in [-0.15, -0.1) is 0 Å². The molecular formula is C20H15BrN2O4. The summed E-state index contributed by atoms with van der Waals surface area (Å²) in [4.78, 5) is 18.9. The number of aromatic nitrogens is 2. The number of pyridine rings is 1. The number of methoxy groups -OCH3 is 1. The topological polar surface area (TPSA) is 84.4 Å².